The van der Waals surface area contributed by atoms with Gasteiger partial charge in [0.2, 0.25) is 21.8 Å². The molecule has 5 heterocycles. The Balaban J connectivity index is 1.39. The number of nitrogens with zero attached hydrogens (tertiary/aromatic N) is 5. The molecule has 1 unspecified atom stereocenters. The molecule has 1 saturated heterocycles. The van der Waals surface area contributed by atoms with Gasteiger partial charge in [-0.3, -0.25) is 9.78 Å². The van der Waals surface area contributed by atoms with E-state index in [0.29, 0.717) is 25.5 Å². The minimum atomic E-state index is -3.78. The van der Waals surface area contributed by atoms with Crippen LogP contribution < -0.4 is 14.4 Å². The second-order valence-corrected chi connectivity index (χ2v) is 12.3. The van der Waals surface area contributed by atoms with Crippen LogP contribution in [0.1, 0.15) is 24.5 Å². The molecule has 3 aromatic heterocycles. The van der Waals surface area contributed by atoms with Crippen LogP contribution in [0.2, 0.25) is 0 Å². The summed E-state index contributed by atoms with van der Waals surface area (Å²) >= 11 is 1.46. The van der Waals surface area contributed by atoms with E-state index in [1.54, 1.807) is 50.7 Å². The first-order valence-electron chi connectivity index (χ1n) is 12.2. The minimum Gasteiger partial charge on any atom is -0.481 e. The Kier molecular flexibility index (Phi) is 6.04. The molecule has 10 nitrogen and oxygen atoms in total. The fourth-order valence-corrected chi connectivity index (χ4v) is 7.25. The first-order chi connectivity index (χ1) is 18.3. The van der Waals surface area contributed by atoms with Crippen LogP contribution in [-0.4, -0.2) is 60.9 Å². The number of nitrogens with one attached hydrogen (secondary N) is 1. The normalized spacial score (nSPS) is 18.9. The van der Waals surface area contributed by atoms with E-state index < -0.39 is 15.4 Å². The number of likely N-dealkylation sites (tertiary alicyclic amines) is 1. The molecule has 0 aliphatic carbocycles. The number of carbonyl (C=O) groups is 1. The highest BCUT2D eigenvalue weighted by molar-refractivity contribution is 7.89. The van der Waals surface area contributed by atoms with Gasteiger partial charge in [-0.25, -0.2) is 23.1 Å². The van der Waals surface area contributed by atoms with Crippen LogP contribution >= 0.6 is 11.3 Å². The van der Waals surface area contributed by atoms with Gasteiger partial charge < -0.3 is 14.5 Å². The van der Waals surface area contributed by atoms with E-state index in [1.165, 1.54) is 11.3 Å². The third-order valence-electron chi connectivity index (χ3n) is 7.25. The topological polar surface area (TPSA) is 118 Å². The van der Waals surface area contributed by atoms with Gasteiger partial charge in [-0.15, -0.1) is 0 Å². The molecule has 1 amide bonds. The Morgan fingerprint density at radius 2 is 2.05 bits per heavy atom. The second-order valence-electron chi connectivity index (χ2n) is 9.60. The van der Waals surface area contributed by atoms with E-state index in [9.17, 15) is 13.2 Å². The van der Waals surface area contributed by atoms with E-state index in [1.807, 2.05) is 23.1 Å². The molecule has 1 aromatic carbocycles. The summed E-state index contributed by atoms with van der Waals surface area (Å²) in [6.45, 7) is 3.45. The molecule has 0 saturated carbocycles. The van der Waals surface area contributed by atoms with Crippen LogP contribution in [0.15, 0.2) is 59.8 Å². The first kappa shape index (κ1) is 24.7. The largest absolute Gasteiger partial charge is 0.481 e. The van der Waals surface area contributed by atoms with Crippen molar-refractivity contribution in [1.82, 2.24) is 24.6 Å². The fraction of sp³-hybridized carbons (Fsp3) is 0.308. The third kappa shape index (κ3) is 4.28. The second kappa shape index (κ2) is 9.29. The van der Waals surface area contributed by atoms with E-state index in [4.69, 9.17) is 9.72 Å². The zero-order valence-electron chi connectivity index (χ0n) is 20.9. The van der Waals surface area contributed by atoms with E-state index in [0.717, 1.165) is 38.7 Å². The van der Waals surface area contributed by atoms with Crippen molar-refractivity contribution < 1.29 is 17.9 Å². The molecule has 2 aliphatic heterocycles. The molecule has 1 spiro atoms. The van der Waals surface area contributed by atoms with Crippen LogP contribution in [0, 0.1) is 0 Å². The SMILES string of the molecule is COc1ccc2nc(N3CC4(CCN(C(C)=O)C4)c4cc(S(=O)(=O)NCc5cccnc5)ccc43)sc2n1. The zero-order valence-corrected chi connectivity index (χ0v) is 22.6. The first-order valence-corrected chi connectivity index (χ1v) is 14.5. The smallest absolute Gasteiger partial charge is 0.240 e. The molecule has 1 N–H and O–H groups in total. The number of aromatic nitrogens is 3. The fourth-order valence-electron chi connectivity index (χ4n) is 5.26. The Labute approximate surface area is 224 Å². The molecule has 0 bridgehead atoms. The molecule has 12 heteroatoms. The summed E-state index contributed by atoms with van der Waals surface area (Å²) in [5.41, 5.74) is 2.94. The van der Waals surface area contributed by atoms with E-state index >= 15 is 0 Å². The van der Waals surface area contributed by atoms with Crippen molar-refractivity contribution in [1.29, 1.82) is 0 Å². The number of carbonyl (C=O) groups excluding carboxylic acids is 1. The van der Waals surface area contributed by atoms with Gasteiger partial charge in [-0.2, -0.15) is 0 Å². The van der Waals surface area contributed by atoms with Gasteiger partial charge in [0.1, 0.15) is 10.3 Å². The highest BCUT2D eigenvalue weighted by Gasteiger charge is 2.49. The predicted molar refractivity (Wildman–Crippen MR) is 144 cm³/mol. The van der Waals surface area contributed by atoms with Crippen LogP contribution in [0.3, 0.4) is 0 Å². The molecular formula is C26H26N6O4S2. The van der Waals surface area contributed by atoms with E-state index in [2.05, 4.69) is 19.6 Å². The van der Waals surface area contributed by atoms with Gasteiger partial charge in [0, 0.05) is 62.7 Å². The summed E-state index contributed by atoms with van der Waals surface area (Å²) in [5, 5.41) is 0.769. The summed E-state index contributed by atoms with van der Waals surface area (Å²) in [4.78, 5) is 30.5. The number of anilines is 2. The Morgan fingerprint density at radius 3 is 2.79 bits per heavy atom. The minimum absolute atomic E-state index is 0.0140. The van der Waals surface area contributed by atoms with Crippen molar-refractivity contribution in [3.63, 3.8) is 0 Å². The summed E-state index contributed by atoms with van der Waals surface area (Å²) < 4.78 is 34.5. The van der Waals surface area contributed by atoms with Crippen LogP contribution in [0.4, 0.5) is 10.8 Å². The summed E-state index contributed by atoms with van der Waals surface area (Å²) in [7, 11) is -2.20. The Hall–Kier alpha value is -3.61. The number of amides is 1. The van der Waals surface area contributed by atoms with Crippen molar-refractivity contribution in [2.24, 2.45) is 0 Å². The van der Waals surface area contributed by atoms with Gasteiger partial charge in [0.05, 0.1) is 12.0 Å². The monoisotopic (exact) mass is 550 g/mol. The third-order valence-corrected chi connectivity index (χ3v) is 9.64. The number of benzene rings is 1. The number of ether oxygens (including phenoxy) is 1. The lowest BCUT2D eigenvalue weighted by atomic mass is 9.81. The number of fused-ring (bicyclic) bond motifs is 3. The standard InChI is InChI=1S/C26H26N6O4S2/c1-17(33)31-11-9-26(15-31)16-32(25-29-21-6-8-23(36-2)30-24(21)37-25)22-7-5-19(12-20(22)26)38(34,35)28-14-18-4-3-10-27-13-18/h3-8,10,12-13,28H,9,11,14-16H2,1-2H3. The van der Waals surface area contributed by atoms with Crippen molar-refractivity contribution in [3.05, 3.63) is 66.0 Å². The number of thiazole rings is 1. The number of pyridine rings is 2. The quantitative estimate of drug-likeness (QED) is 0.389. The molecule has 4 aromatic rings. The lowest BCUT2D eigenvalue weighted by molar-refractivity contribution is -0.127. The average molecular weight is 551 g/mol. The number of sulfonamides is 1. The number of hydrogen-bond acceptors (Lipinski definition) is 9. The molecule has 1 fully saturated rings. The lowest BCUT2D eigenvalue weighted by Crippen LogP contribution is -2.36. The summed E-state index contributed by atoms with van der Waals surface area (Å²) in [5.74, 6) is 0.535. The predicted octanol–water partition coefficient (Wildman–Crippen LogP) is 3.22. The maximum atomic E-state index is 13.3. The number of hydrogen-bond donors (Lipinski definition) is 1. The molecule has 38 heavy (non-hydrogen) atoms. The molecule has 1 atom stereocenters. The highest BCUT2D eigenvalue weighted by Crippen LogP contribution is 2.50. The van der Waals surface area contributed by atoms with Gasteiger partial charge in [0.25, 0.3) is 0 Å². The van der Waals surface area contributed by atoms with Crippen molar-refractivity contribution >= 4 is 48.4 Å². The Morgan fingerprint density at radius 1 is 1.18 bits per heavy atom. The maximum Gasteiger partial charge on any atom is 0.240 e. The van der Waals surface area contributed by atoms with Crippen molar-refractivity contribution in [2.75, 3.05) is 31.6 Å². The molecule has 6 rings (SSSR count). The molecule has 2 aliphatic rings. The molecule has 196 valence electrons. The van der Waals surface area contributed by atoms with E-state index in [-0.39, 0.29) is 17.3 Å². The summed E-state index contributed by atoms with van der Waals surface area (Å²) in [6.07, 6.45) is 4.02. The highest BCUT2D eigenvalue weighted by atomic mass is 32.2. The summed E-state index contributed by atoms with van der Waals surface area (Å²) in [6, 6.07) is 12.5. The van der Waals surface area contributed by atoms with Crippen LogP contribution in [0.25, 0.3) is 10.3 Å². The number of rotatable bonds is 6. The average Bonchev–Trinajstić information content (AvgIpc) is 3.63. The van der Waals surface area contributed by atoms with Gasteiger partial charge >= 0.3 is 0 Å². The molecule has 0 radical (unpaired) electrons. The van der Waals surface area contributed by atoms with Gasteiger partial charge in [0.15, 0.2) is 5.13 Å². The molecular weight excluding hydrogens is 524 g/mol. The lowest BCUT2D eigenvalue weighted by Gasteiger charge is -2.25. The Bertz CT molecular complexity index is 1640. The van der Waals surface area contributed by atoms with Crippen LogP contribution in [-0.2, 0) is 26.8 Å². The van der Waals surface area contributed by atoms with Crippen molar-refractivity contribution in [3.8, 4) is 5.88 Å². The number of methoxy groups -OCH3 is 1. The van der Waals surface area contributed by atoms with Gasteiger partial charge in [-0.1, -0.05) is 17.4 Å². The van der Waals surface area contributed by atoms with Gasteiger partial charge in [-0.05, 0) is 47.9 Å². The van der Waals surface area contributed by atoms with Crippen LogP contribution in [0.5, 0.6) is 5.88 Å². The zero-order chi connectivity index (χ0) is 26.5. The van der Waals surface area contributed by atoms with Crippen molar-refractivity contribution in [2.45, 2.75) is 30.2 Å². The maximum absolute atomic E-state index is 13.3.